The summed E-state index contributed by atoms with van der Waals surface area (Å²) in [6.45, 7) is 4.54. The number of fused-ring (bicyclic) bond motifs is 3. The summed E-state index contributed by atoms with van der Waals surface area (Å²) in [5, 5.41) is 17.4. The number of phenolic OH excluding ortho intramolecular Hbond substituents is 1. The van der Waals surface area contributed by atoms with Crippen LogP contribution < -0.4 is 9.47 Å². The Hall–Kier alpha value is -3.54. The van der Waals surface area contributed by atoms with Crippen LogP contribution in [0.1, 0.15) is 47.9 Å². The first-order valence-corrected chi connectivity index (χ1v) is 10.1. The van der Waals surface area contributed by atoms with Crippen LogP contribution in [0.25, 0.3) is 0 Å². The molecule has 1 aromatic heterocycles. The second-order valence-corrected chi connectivity index (χ2v) is 7.53. The number of aryl methyl sites for hydroxylation is 1. The maximum Gasteiger partial charge on any atom is 0.214 e. The maximum atomic E-state index is 10.5. The Morgan fingerprint density at radius 3 is 2.80 bits per heavy atom. The highest BCUT2D eigenvalue weighted by Gasteiger charge is 2.42. The van der Waals surface area contributed by atoms with E-state index in [1.165, 1.54) is 0 Å². The molecule has 1 N–H and O–H groups in total. The summed E-state index contributed by atoms with van der Waals surface area (Å²) >= 11 is 0. The summed E-state index contributed by atoms with van der Waals surface area (Å²) < 4.78 is 12.3. The predicted octanol–water partition coefficient (Wildman–Crippen LogP) is 4.74. The molecule has 2 unspecified atom stereocenters. The fourth-order valence-electron chi connectivity index (χ4n) is 4.14. The molecule has 2 aromatic carbocycles. The van der Waals surface area contributed by atoms with Crippen molar-refractivity contribution in [2.75, 3.05) is 6.61 Å². The molecule has 2 aliphatic heterocycles. The third-order valence-corrected chi connectivity index (χ3v) is 5.53. The van der Waals surface area contributed by atoms with Crippen LogP contribution in [0.5, 0.6) is 17.2 Å². The van der Waals surface area contributed by atoms with Crippen molar-refractivity contribution in [1.29, 1.82) is 0 Å². The number of rotatable bonds is 4. The van der Waals surface area contributed by atoms with E-state index in [2.05, 4.69) is 11.1 Å². The van der Waals surface area contributed by atoms with E-state index in [1.54, 1.807) is 18.5 Å². The molecule has 3 heterocycles. The van der Waals surface area contributed by atoms with Gasteiger partial charge in [0.15, 0.2) is 11.5 Å². The summed E-state index contributed by atoms with van der Waals surface area (Å²) in [7, 11) is 0. The Balaban J connectivity index is 1.63. The van der Waals surface area contributed by atoms with Gasteiger partial charge in [0.1, 0.15) is 5.75 Å². The fraction of sp³-hybridized carbons (Fsp3) is 0.250. The molecule has 30 heavy (non-hydrogen) atoms. The van der Waals surface area contributed by atoms with Gasteiger partial charge in [-0.15, -0.1) is 0 Å². The molecule has 0 radical (unpaired) electrons. The zero-order chi connectivity index (χ0) is 20.7. The molecule has 3 aromatic rings. The van der Waals surface area contributed by atoms with Crippen LogP contribution >= 0.6 is 0 Å². The van der Waals surface area contributed by atoms with Gasteiger partial charge in [0.05, 0.1) is 18.4 Å². The van der Waals surface area contributed by atoms with Crippen LogP contribution in [0.4, 0.5) is 0 Å². The molecule has 6 nitrogen and oxygen atoms in total. The molecule has 0 fully saturated rings. The van der Waals surface area contributed by atoms with Crippen LogP contribution in [-0.4, -0.2) is 27.4 Å². The molecule has 0 saturated heterocycles. The van der Waals surface area contributed by atoms with Crippen molar-refractivity contribution in [3.05, 3.63) is 83.2 Å². The Morgan fingerprint density at radius 1 is 1.17 bits per heavy atom. The Kier molecular flexibility index (Phi) is 4.54. The molecule has 152 valence electrons. The van der Waals surface area contributed by atoms with Gasteiger partial charge in [-0.25, -0.2) is 5.01 Å². The van der Waals surface area contributed by atoms with E-state index in [9.17, 15) is 5.11 Å². The van der Waals surface area contributed by atoms with E-state index in [1.807, 2.05) is 55.3 Å². The van der Waals surface area contributed by atoms with Crippen molar-refractivity contribution in [1.82, 2.24) is 9.99 Å². The average molecular weight is 401 g/mol. The summed E-state index contributed by atoms with van der Waals surface area (Å²) in [5.74, 6) is 1.73. The molecule has 0 aliphatic carbocycles. The fourth-order valence-corrected chi connectivity index (χ4v) is 4.14. The summed E-state index contributed by atoms with van der Waals surface area (Å²) in [4.78, 5) is 4.13. The highest BCUT2D eigenvalue weighted by molar-refractivity contribution is 6.04. The summed E-state index contributed by atoms with van der Waals surface area (Å²) in [5.41, 5.74) is 4.69. The quantitative estimate of drug-likeness (QED) is 0.684. The minimum Gasteiger partial charge on any atom is -0.507 e. The topological polar surface area (TPSA) is 67.2 Å². The highest BCUT2D eigenvalue weighted by Crippen LogP contribution is 2.51. The molecule has 2 aliphatic rings. The van der Waals surface area contributed by atoms with Crippen molar-refractivity contribution in [2.24, 2.45) is 5.10 Å². The number of pyridine rings is 1. The van der Waals surface area contributed by atoms with Gasteiger partial charge in [0.2, 0.25) is 6.23 Å². The van der Waals surface area contributed by atoms with E-state index in [-0.39, 0.29) is 11.8 Å². The molecule has 0 amide bonds. The molecule has 0 spiro atoms. The van der Waals surface area contributed by atoms with E-state index < -0.39 is 6.23 Å². The van der Waals surface area contributed by atoms with Gasteiger partial charge >= 0.3 is 0 Å². The number of aromatic nitrogens is 1. The van der Waals surface area contributed by atoms with Crippen LogP contribution in [0.15, 0.2) is 66.0 Å². The monoisotopic (exact) mass is 401 g/mol. The number of benzene rings is 2. The number of aromatic hydroxyl groups is 1. The van der Waals surface area contributed by atoms with Crippen molar-refractivity contribution in [3.8, 4) is 17.2 Å². The molecule has 6 heteroatoms. The van der Waals surface area contributed by atoms with E-state index >= 15 is 0 Å². The first-order chi connectivity index (χ1) is 14.7. The van der Waals surface area contributed by atoms with E-state index in [0.29, 0.717) is 13.0 Å². The van der Waals surface area contributed by atoms with Crippen molar-refractivity contribution in [3.63, 3.8) is 0 Å². The first kappa shape index (κ1) is 18.5. The van der Waals surface area contributed by atoms with Gasteiger partial charge in [-0.05, 0) is 44.2 Å². The lowest BCUT2D eigenvalue weighted by atomic mass is 9.95. The lowest BCUT2D eigenvalue weighted by Gasteiger charge is -2.38. The number of hydrazone groups is 1. The van der Waals surface area contributed by atoms with E-state index in [4.69, 9.17) is 14.6 Å². The third-order valence-electron chi connectivity index (χ3n) is 5.53. The highest BCUT2D eigenvalue weighted by atomic mass is 16.5. The normalized spacial score (nSPS) is 19.5. The zero-order valence-electron chi connectivity index (χ0n) is 16.9. The Labute approximate surface area is 175 Å². The van der Waals surface area contributed by atoms with Crippen LogP contribution in [-0.2, 0) is 0 Å². The molecule has 5 rings (SSSR count). The Bertz CT molecular complexity index is 1110. The minimum absolute atomic E-state index is 0.0118. The van der Waals surface area contributed by atoms with Crippen LogP contribution in [0, 0.1) is 6.92 Å². The van der Waals surface area contributed by atoms with Crippen LogP contribution in [0.2, 0.25) is 0 Å². The number of hydrogen-bond donors (Lipinski definition) is 1. The van der Waals surface area contributed by atoms with E-state index in [0.717, 1.165) is 39.5 Å². The first-order valence-electron chi connectivity index (χ1n) is 10.1. The smallest absolute Gasteiger partial charge is 0.214 e. The van der Waals surface area contributed by atoms with Gasteiger partial charge in [0, 0.05) is 35.5 Å². The summed E-state index contributed by atoms with van der Waals surface area (Å²) in [6.07, 6.45) is 3.77. The zero-order valence-corrected chi connectivity index (χ0v) is 16.9. The summed E-state index contributed by atoms with van der Waals surface area (Å²) in [6, 6.07) is 15.4. The van der Waals surface area contributed by atoms with Gasteiger partial charge in [-0.1, -0.05) is 23.8 Å². The molecular weight excluding hydrogens is 378 g/mol. The number of nitrogens with zero attached hydrogens (tertiary/aromatic N) is 3. The minimum atomic E-state index is -0.406. The maximum absolute atomic E-state index is 10.5. The predicted molar refractivity (Wildman–Crippen MR) is 114 cm³/mol. The molecular formula is C24H23N3O3. The van der Waals surface area contributed by atoms with Crippen molar-refractivity contribution < 1.29 is 14.6 Å². The lowest BCUT2D eigenvalue weighted by molar-refractivity contribution is -0.0212. The number of para-hydroxylation sites is 1. The van der Waals surface area contributed by atoms with Gasteiger partial charge in [-0.3, -0.25) is 4.98 Å². The number of hydrogen-bond acceptors (Lipinski definition) is 6. The largest absolute Gasteiger partial charge is 0.507 e. The van der Waals surface area contributed by atoms with Gasteiger partial charge in [0.25, 0.3) is 0 Å². The molecule has 0 saturated carbocycles. The van der Waals surface area contributed by atoms with Crippen LogP contribution in [0.3, 0.4) is 0 Å². The van der Waals surface area contributed by atoms with Gasteiger partial charge < -0.3 is 14.6 Å². The molecule has 0 bridgehead atoms. The Morgan fingerprint density at radius 2 is 2.00 bits per heavy atom. The number of phenols is 1. The average Bonchev–Trinajstić information content (AvgIpc) is 3.21. The van der Waals surface area contributed by atoms with Crippen molar-refractivity contribution in [2.45, 2.75) is 32.5 Å². The standard InChI is InChI=1S/C24H23N3O3/c1-3-29-22-6-4-5-17-20-14-19(18-13-15(2)7-8-21(18)28)26-27(20)24(30-23(17)22)16-9-11-25-12-10-16/h4-13,20,24,28H,3,14H2,1-2H3. The second-order valence-electron chi connectivity index (χ2n) is 7.53. The van der Waals surface area contributed by atoms with Crippen molar-refractivity contribution >= 4 is 5.71 Å². The third kappa shape index (κ3) is 3.05. The molecule has 2 atom stereocenters. The SMILES string of the molecule is CCOc1cccc2c1OC(c1ccncc1)N1N=C(c3cc(C)ccc3O)CC21. The second kappa shape index (κ2) is 7.37. The lowest BCUT2D eigenvalue weighted by Crippen LogP contribution is -2.33. The number of ether oxygens (including phenoxy) is 2. The van der Waals surface area contributed by atoms with Gasteiger partial charge in [-0.2, -0.15) is 5.10 Å².